The van der Waals surface area contributed by atoms with Crippen LogP contribution >= 0.6 is 11.8 Å². The summed E-state index contributed by atoms with van der Waals surface area (Å²) in [6, 6.07) is 6.28. The zero-order chi connectivity index (χ0) is 16.5. The van der Waals surface area contributed by atoms with Gasteiger partial charge in [-0.3, -0.25) is 0 Å². The number of alkyl halides is 3. The first-order chi connectivity index (χ1) is 10.3. The number of hydrogen-bond donors (Lipinski definition) is 0. The summed E-state index contributed by atoms with van der Waals surface area (Å²) in [6.07, 6.45) is -2.74. The molecule has 0 aliphatic heterocycles. The lowest BCUT2D eigenvalue weighted by Crippen LogP contribution is -2.09. The molecule has 0 unspecified atom stereocenters. The maximum Gasteiger partial charge on any atom is 0.416 e. The fraction of sp³-hybridized carbons (Fsp3) is 0.200. The van der Waals surface area contributed by atoms with Crippen molar-refractivity contribution in [2.75, 3.05) is 6.26 Å². The van der Waals surface area contributed by atoms with Crippen LogP contribution in [0.5, 0.6) is 0 Å². The average molecular weight is 325 g/mol. The Morgan fingerprint density at radius 2 is 1.82 bits per heavy atom. The number of nitrogens with zero attached hydrogens (tertiary/aromatic N) is 1. The highest BCUT2D eigenvalue weighted by Crippen LogP contribution is 2.36. The number of benzene rings is 1. The van der Waals surface area contributed by atoms with E-state index in [9.17, 15) is 18.0 Å². The van der Waals surface area contributed by atoms with Gasteiger partial charge in [-0.05, 0) is 30.9 Å². The molecule has 0 saturated heterocycles. The van der Waals surface area contributed by atoms with Gasteiger partial charge >= 0.3 is 11.8 Å². The van der Waals surface area contributed by atoms with Crippen molar-refractivity contribution in [3.05, 3.63) is 51.6 Å². The molecule has 0 N–H and O–H groups in total. The minimum Gasteiger partial charge on any atom is -0.427 e. The van der Waals surface area contributed by atoms with Crippen LogP contribution in [0.25, 0.3) is 11.1 Å². The zero-order valence-corrected chi connectivity index (χ0v) is 12.4. The van der Waals surface area contributed by atoms with Crippen LogP contribution in [0, 0.1) is 18.3 Å². The molecule has 114 valence electrons. The highest BCUT2D eigenvalue weighted by molar-refractivity contribution is 7.98. The van der Waals surface area contributed by atoms with E-state index in [2.05, 4.69) is 0 Å². The Bertz CT molecular complexity index is 802. The molecule has 0 fully saturated rings. The van der Waals surface area contributed by atoms with Crippen molar-refractivity contribution >= 4 is 11.8 Å². The van der Waals surface area contributed by atoms with Crippen molar-refractivity contribution in [1.82, 2.24) is 0 Å². The number of nitriles is 1. The lowest BCUT2D eigenvalue weighted by Gasteiger charge is -2.12. The van der Waals surface area contributed by atoms with Gasteiger partial charge in [-0.15, -0.1) is 11.8 Å². The monoisotopic (exact) mass is 325 g/mol. The van der Waals surface area contributed by atoms with E-state index in [0.29, 0.717) is 16.0 Å². The molecule has 0 atom stereocenters. The summed E-state index contributed by atoms with van der Waals surface area (Å²) in [5.74, 6) is 0.258. The van der Waals surface area contributed by atoms with E-state index in [1.807, 2.05) is 0 Å². The average Bonchev–Trinajstić information content (AvgIpc) is 2.45. The molecule has 0 radical (unpaired) electrons. The van der Waals surface area contributed by atoms with Gasteiger partial charge in [0.2, 0.25) is 0 Å². The van der Waals surface area contributed by atoms with E-state index in [1.54, 1.807) is 12.3 Å². The second-order valence-corrected chi connectivity index (χ2v) is 5.23. The molecular formula is C15H10F3NO2S. The summed E-state index contributed by atoms with van der Waals surface area (Å²) in [6.45, 7) is 1.54. The van der Waals surface area contributed by atoms with Gasteiger partial charge in [-0.25, -0.2) is 4.79 Å². The van der Waals surface area contributed by atoms with Crippen molar-refractivity contribution in [3.63, 3.8) is 0 Å². The van der Waals surface area contributed by atoms with E-state index in [1.165, 1.54) is 30.8 Å². The third-order valence-electron chi connectivity index (χ3n) is 3.07. The predicted molar refractivity (Wildman–Crippen MR) is 76.6 cm³/mol. The van der Waals surface area contributed by atoms with Gasteiger partial charge in [0, 0.05) is 10.5 Å². The summed E-state index contributed by atoms with van der Waals surface area (Å²) in [5, 5.41) is 9.07. The summed E-state index contributed by atoms with van der Waals surface area (Å²) < 4.78 is 42.8. The summed E-state index contributed by atoms with van der Waals surface area (Å²) >= 11 is 1.17. The lowest BCUT2D eigenvalue weighted by molar-refractivity contribution is -0.137. The highest BCUT2D eigenvalue weighted by Gasteiger charge is 2.30. The highest BCUT2D eigenvalue weighted by atomic mass is 32.2. The first kappa shape index (κ1) is 16.2. The third-order valence-corrected chi connectivity index (χ3v) is 3.89. The second-order valence-electron chi connectivity index (χ2n) is 4.42. The molecular weight excluding hydrogens is 315 g/mol. The largest absolute Gasteiger partial charge is 0.427 e. The first-order valence-corrected chi connectivity index (χ1v) is 7.31. The van der Waals surface area contributed by atoms with Crippen LogP contribution in [0.2, 0.25) is 0 Å². The maximum absolute atomic E-state index is 12.6. The molecule has 1 aromatic heterocycles. The van der Waals surface area contributed by atoms with Gasteiger partial charge in [0.25, 0.3) is 0 Å². The number of hydrogen-bond acceptors (Lipinski definition) is 4. The fourth-order valence-corrected chi connectivity index (χ4v) is 2.88. The third kappa shape index (κ3) is 2.88. The van der Waals surface area contributed by atoms with E-state index >= 15 is 0 Å². The van der Waals surface area contributed by atoms with Gasteiger partial charge in [0.15, 0.2) is 5.56 Å². The molecule has 22 heavy (non-hydrogen) atoms. The number of thioether (sulfide) groups is 1. The number of rotatable bonds is 2. The Morgan fingerprint density at radius 3 is 2.27 bits per heavy atom. The molecule has 2 rings (SSSR count). The van der Waals surface area contributed by atoms with Gasteiger partial charge in [-0.2, -0.15) is 18.4 Å². The Kier molecular flexibility index (Phi) is 4.33. The molecule has 0 bridgehead atoms. The zero-order valence-electron chi connectivity index (χ0n) is 11.6. The SMILES string of the molecule is CSc1c(-c2ccc(C(F)(F)F)cc2)c(C)oc(=O)c1C#N. The molecule has 0 amide bonds. The van der Waals surface area contributed by atoms with Crippen LogP contribution in [-0.2, 0) is 6.18 Å². The number of aryl methyl sites for hydroxylation is 1. The Balaban J connectivity index is 2.68. The maximum atomic E-state index is 12.6. The topological polar surface area (TPSA) is 54.0 Å². The molecule has 0 spiro atoms. The fourth-order valence-electron chi connectivity index (χ4n) is 2.08. The van der Waals surface area contributed by atoms with Crippen molar-refractivity contribution in [2.45, 2.75) is 18.0 Å². The summed E-state index contributed by atoms with van der Waals surface area (Å²) in [4.78, 5) is 12.1. The molecule has 2 aromatic rings. The van der Waals surface area contributed by atoms with Gasteiger partial charge < -0.3 is 4.42 Å². The van der Waals surface area contributed by atoms with Crippen molar-refractivity contribution in [1.29, 1.82) is 5.26 Å². The van der Waals surface area contributed by atoms with Gasteiger partial charge in [-0.1, -0.05) is 12.1 Å². The van der Waals surface area contributed by atoms with Crippen LogP contribution in [0.3, 0.4) is 0 Å². The molecule has 0 saturated carbocycles. The van der Waals surface area contributed by atoms with Crippen LogP contribution < -0.4 is 5.63 Å². The standard InChI is InChI=1S/C15H10F3NO2S/c1-8-12(13(22-2)11(7-19)14(20)21-8)9-3-5-10(6-4-9)15(16,17)18/h3-6H,1-2H3. The van der Waals surface area contributed by atoms with E-state index < -0.39 is 17.4 Å². The molecule has 0 aliphatic carbocycles. The quantitative estimate of drug-likeness (QED) is 0.776. The normalized spacial score (nSPS) is 11.3. The van der Waals surface area contributed by atoms with Gasteiger partial charge in [0.1, 0.15) is 11.8 Å². The van der Waals surface area contributed by atoms with Crippen LogP contribution in [0.15, 0.2) is 38.4 Å². The Morgan fingerprint density at radius 1 is 1.23 bits per heavy atom. The molecule has 0 aliphatic rings. The predicted octanol–water partition coefficient (Wildman–Crippen LogP) is 4.23. The van der Waals surface area contributed by atoms with Crippen molar-refractivity contribution in [2.24, 2.45) is 0 Å². The van der Waals surface area contributed by atoms with E-state index in [-0.39, 0.29) is 11.3 Å². The minimum absolute atomic E-state index is 0.145. The van der Waals surface area contributed by atoms with Crippen molar-refractivity contribution in [3.8, 4) is 17.2 Å². The summed E-state index contributed by atoms with van der Waals surface area (Å²) in [7, 11) is 0. The molecule has 1 heterocycles. The molecule has 1 aromatic carbocycles. The smallest absolute Gasteiger partial charge is 0.416 e. The number of halogens is 3. The van der Waals surface area contributed by atoms with E-state index in [4.69, 9.17) is 9.68 Å². The van der Waals surface area contributed by atoms with E-state index in [0.717, 1.165) is 12.1 Å². The van der Waals surface area contributed by atoms with Crippen LogP contribution in [-0.4, -0.2) is 6.26 Å². The lowest BCUT2D eigenvalue weighted by atomic mass is 10.0. The van der Waals surface area contributed by atoms with Gasteiger partial charge in [0.05, 0.1) is 5.56 Å². The van der Waals surface area contributed by atoms with Crippen molar-refractivity contribution < 1.29 is 17.6 Å². The molecule has 7 heteroatoms. The summed E-state index contributed by atoms with van der Waals surface area (Å²) in [5.41, 5.74) is -0.752. The minimum atomic E-state index is -4.42. The Labute approximate surface area is 128 Å². The Hall–Kier alpha value is -2.20. The van der Waals surface area contributed by atoms with Crippen LogP contribution in [0.1, 0.15) is 16.9 Å². The van der Waals surface area contributed by atoms with Crippen LogP contribution in [0.4, 0.5) is 13.2 Å². The molecule has 3 nitrogen and oxygen atoms in total. The first-order valence-electron chi connectivity index (χ1n) is 6.09. The second kappa shape index (κ2) is 5.89.